The Balaban J connectivity index is 1.68. The van der Waals surface area contributed by atoms with Crippen molar-refractivity contribution in [2.24, 2.45) is 0 Å². The van der Waals surface area contributed by atoms with Gasteiger partial charge in [-0.15, -0.1) is 0 Å². The number of anilines is 1. The number of fused-ring (bicyclic) bond motifs is 1. The van der Waals surface area contributed by atoms with E-state index in [0.717, 1.165) is 5.56 Å². The first-order valence-corrected chi connectivity index (χ1v) is 7.66. The molecule has 0 unspecified atom stereocenters. The number of aromatic nitrogens is 4. The second kappa shape index (κ2) is 6.97. The second-order valence-corrected chi connectivity index (χ2v) is 5.72. The van der Waals surface area contributed by atoms with Crippen LogP contribution in [0, 0.1) is 11.3 Å². The normalized spacial score (nSPS) is 10.4. The summed E-state index contributed by atoms with van der Waals surface area (Å²) in [6.07, 6.45) is 2.98. The van der Waals surface area contributed by atoms with E-state index in [2.05, 4.69) is 26.0 Å². The fraction of sp³-hybridized carbons (Fsp3) is 0.235. The molecule has 8 nitrogen and oxygen atoms in total. The quantitative estimate of drug-likeness (QED) is 0.754. The lowest BCUT2D eigenvalue weighted by Crippen LogP contribution is -2.36. The molecule has 2 heterocycles. The van der Waals surface area contributed by atoms with Gasteiger partial charge in [0.05, 0.1) is 24.5 Å². The van der Waals surface area contributed by atoms with E-state index in [-0.39, 0.29) is 12.5 Å². The Labute approximate surface area is 144 Å². The van der Waals surface area contributed by atoms with Gasteiger partial charge in [0, 0.05) is 20.6 Å². The van der Waals surface area contributed by atoms with E-state index in [0.29, 0.717) is 29.1 Å². The highest BCUT2D eigenvalue weighted by molar-refractivity contribution is 5.86. The molecule has 126 valence electrons. The van der Waals surface area contributed by atoms with Crippen molar-refractivity contribution >= 4 is 22.9 Å². The van der Waals surface area contributed by atoms with Crippen LogP contribution < -0.4 is 4.90 Å². The van der Waals surface area contributed by atoms with Gasteiger partial charge in [-0.05, 0) is 17.7 Å². The van der Waals surface area contributed by atoms with Gasteiger partial charge < -0.3 is 14.8 Å². The number of amides is 1. The number of carbonyl (C=O) groups excluding carboxylic acids is 1. The molecule has 0 aliphatic rings. The standard InChI is InChI=1S/C17H17N7O/c1-23(8-13-5-3-4-12(6-13)7-18)14(25)9-24(2)17-15-16(20-10-19-15)21-11-22-17/h3-6,10-11H,8-9H2,1-2H3,(H,19,20,21,22). The van der Waals surface area contributed by atoms with Gasteiger partial charge in [-0.1, -0.05) is 12.1 Å². The number of nitriles is 1. The van der Waals surface area contributed by atoms with Gasteiger partial charge >= 0.3 is 0 Å². The van der Waals surface area contributed by atoms with E-state index < -0.39 is 0 Å². The number of nitrogens with zero attached hydrogens (tertiary/aromatic N) is 6. The van der Waals surface area contributed by atoms with Gasteiger partial charge in [-0.3, -0.25) is 4.79 Å². The summed E-state index contributed by atoms with van der Waals surface area (Å²) in [5.74, 6) is 0.562. The monoisotopic (exact) mass is 335 g/mol. The molecule has 8 heteroatoms. The smallest absolute Gasteiger partial charge is 0.242 e. The Morgan fingerprint density at radius 3 is 2.92 bits per heavy atom. The van der Waals surface area contributed by atoms with Crippen molar-refractivity contribution in [1.82, 2.24) is 24.8 Å². The highest BCUT2D eigenvalue weighted by Gasteiger charge is 2.16. The first-order valence-electron chi connectivity index (χ1n) is 7.66. The highest BCUT2D eigenvalue weighted by atomic mass is 16.2. The van der Waals surface area contributed by atoms with E-state index in [1.54, 1.807) is 42.4 Å². The Morgan fingerprint density at radius 2 is 2.12 bits per heavy atom. The van der Waals surface area contributed by atoms with E-state index >= 15 is 0 Å². The lowest BCUT2D eigenvalue weighted by atomic mass is 10.1. The Hall–Kier alpha value is -3.47. The minimum Gasteiger partial charge on any atom is -0.348 e. The van der Waals surface area contributed by atoms with Gasteiger partial charge in [0.2, 0.25) is 5.91 Å². The molecule has 3 aromatic rings. The molecular formula is C17H17N7O. The van der Waals surface area contributed by atoms with E-state index in [1.807, 2.05) is 12.1 Å². The third-order valence-corrected chi connectivity index (χ3v) is 3.84. The Bertz CT molecular complexity index is 943. The average Bonchev–Trinajstić information content (AvgIpc) is 3.10. The molecule has 1 N–H and O–H groups in total. The molecule has 0 fully saturated rings. The first-order chi connectivity index (χ1) is 12.1. The molecule has 0 radical (unpaired) electrons. The predicted octanol–water partition coefficient (Wildman–Crippen LogP) is 1.32. The Morgan fingerprint density at radius 1 is 1.28 bits per heavy atom. The van der Waals surface area contributed by atoms with Crippen LogP contribution in [0.3, 0.4) is 0 Å². The number of hydrogen-bond donors (Lipinski definition) is 1. The highest BCUT2D eigenvalue weighted by Crippen LogP contribution is 2.18. The van der Waals surface area contributed by atoms with Gasteiger partial charge in [0.15, 0.2) is 11.5 Å². The Kier molecular flexibility index (Phi) is 4.57. The van der Waals surface area contributed by atoms with Gasteiger partial charge in [0.1, 0.15) is 11.8 Å². The van der Waals surface area contributed by atoms with Crippen molar-refractivity contribution in [3.8, 4) is 6.07 Å². The molecule has 0 saturated heterocycles. The van der Waals surface area contributed by atoms with Crippen molar-refractivity contribution in [2.75, 3.05) is 25.5 Å². The number of benzene rings is 1. The van der Waals surface area contributed by atoms with Crippen molar-refractivity contribution in [2.45, 2.75) is 6.54 Å². The van der Waals surface area contributed by atoms with Crippen LogP contribution in [0.25, 0.3) is 11.2 Å². The van der Waals surface area contributed by atoms with Crippen LogP contribution in [0.5, 0.6) is 0 Å². The molecule has 0 aliphatic heterocycles. The summed E-state index contributed by atoms with van der Waals surface area (Å²) >= 11 is 0. The number of nitrogens with one attached hydrogen (secondary N) is 1. The van der Waals surface area contributed by atoms with E-state index in [9.17, 15) is 4.79 Å². The minimum absolute atomic E-state index is 0.0591. The minimum atomic E-state index is -0.0591. The molecule has 2 aromatic heterocycles. The fourth-order valence-electron chi connectivity index (χ4n) is 2.54. The van der Waals surface area contributed by atoms with Crippen molar-refractivity contribution < 1.29 is 4.79 Å². The SMILES string of the molecule is CN(Cc1cccc(C#N)c1)C(=O)CN(C)c1ncnc2nc[nH]c12. The van der Waals surface area contributed by atoms with Crippen LogP contribution >= 0.6 is 0 Å². The van der Waals surface area contributed by atoms with Gasteiger partial charge in [-0.25, -0.2) is 15.0 Å². The summed E-state index contributed by atoms with van der Waals surface area (Å²) in [7, 11) is 3.53. The van der Waals surface area contributed by atoms with Crippen LogP contribution in [0.15, 0.2) is 36.9 Å². The summed E-state index contributed by atoms with van der Waals surface area (Å²) in [5, 5.41) is 8.96. The first kappa shape index (κ1) is 16.4. The maximum atomic E-state index is 12.5. The maximum Gasteiger partial charge on any atom is 0.242 e. The summed E-state index contributed by atoms with van der Waals surface area (Å²) in [6, 6.07) is 9.34. The zero-order valence-electron chi connectivity index (χ0n) is 14.0. The van der Waals surface area contributed by atoms with Crippen molar-refractivity contribution in [3.63, 3.8) is 0 Å². The van der Waals surface area contributed by atoms with Crippen LogP contribution in [0.4, 0.5) is 5.82 Å². The maximum absolute atomic E-state index is 12.5. The zero-order valence-corrected chi connectivity index (χ0v) is 14.0. The zero-order chi connectivity index (χ0) is 17.8. The number of hydrogen-bond acceptors (Lipinski definition) is 6. The molecular weight excluding hydrogens is 318 g/mol. The third-order valence-electron chi connectivity index (χ3n) is 3.84. The second-order valence-electron chi connectivity index (χ2n) is 5.72. The number of H-pyrrole nitrogens is 1. The molecule has 0 atom stereocenters. The number of likely N-dealkylation sites (N-methyl/N-ethyl adjacent to an activating group) is 2. The fourth-order valence-corrected chi connectivity index (χ4v) is 2.54. The summed E-state index contributed by atoms with van der Waals surface area (Å²) in [4.78, 5) is 31.3. The number of rotatable bonds is 5. The third kappa shape index (κ3) is 3.55. The summed E-state index contributed by atoms with van der Waals surface area (Å²) in [6.45, 7) is 0.602. The molecule has 1 amide bonds. The summed E-state index contributed by atoms with van der Waals surface area (Å²) < 4.78 is 0. The van der Waals surface area contributed by atoms with Crippen LogP contribution in [-0.4, -0.2) is 51.4 Å². The van der Waals surface area contributed by atoms with Gasteiger partial charge in [0.25, 0.3) is 0 Å². The average molecular weight is 335 g/mol. The number of aromatic amines is 1. The molecule has 1 aromatic carbocycles. The van der Waals surface area contributed by atoms with Crippen LogP contribution in [0.1, 0.15) is 11.1 Å². The molecule has 0 aliphatic carbocycles. The molecule has 0 bridgehead atoms. The van der Waals surface area contributed by atoms with Crippen molar-refractivity contribution in [3.05, 3.63) is 48.0 Å². The molecule has 25 heavy (non-hydrogen) atoms. The molecule has 0 saturated carbocycles. The lowest BCUT2D eigenvalue weighted by molar-refractivity contribution is -0.128. The molecule has 0 spiro atoms. The predicted molar refractivity (Wildman–Crippen MR) is 92.6 cm³/mol. The van der Waals surface area contributed by atoms with E-state index in [4.69, 9.17) is 5.26 Å². The van der Waals surface area contributed by atoms with Crippen LogP contribution in [0.2, 0.25) is 0 Å². The topological polar surface area (TPSA) is 102 Å². The molecule has 3 rings (SSSR count). The number of imidazole rings is 1. The largest absolute Gasteiger partial charge is 0.348 e. The van der Waals surface area contributed by atoms with E-state index in [1.165, 1.54) is 6.33 Å². The van der Waals surface area contributed by atoms with Gasteiger partial charge in [-0.2, -0.15) is 5.26 Å². The van der Waals surface area contributed by atoms with Crippen LogP contribution in [-0.2, 0) is 11.3 Å². The summed E-state index contributed by atoms with van der Waals surface area (Å²) in [5.41, 5.74) is 2.75. The lowest BCUT2D eigenvalue weighted by Gasteiger charge is -2.23. The number of carbonyl (C=O) groups is 1. The van der Waals surface area contributed by atoms with Crippen molar-refractivity contribution in [1.29, 1.82) is 5.26 Å².